The van der Waals surface area contributed by atoms with Gasteiger partial charge in [0.05, 0.1) is 10.9 Å². The van der Waals surface area contributed by atoms with Gasteiger partial charge in [0.15, 0.2) is 0 Å². The van der Waals surface area contributed by atoms with Crippen molar-refractivity contribution in [2.75, 3.05) is 0 Å². The second-order valence-electron chi connectivity index (χ2n) is 4.00. The summed E-state index contributed by atoms with van der Waals surface area (Å²) in [5.74, 6) is -1.34. The van der Waals surface area contributed by atoms with E-state index < -0.39 is 23.2 Å². The number of carbonyl (C=O) groups excluding carboxylic acids is 3. The van der Waals surface area contributed by atoms with E-state index in [1.807, 2.05) is 0 Å². The number of thioether (sulfide) groups is 1. The highest BCUT2D eigenvalue weighted by Gasteiger charge is 2.24. The zero-order valence-electron chi connectivity index (χ0n) is 10.4. The average molecular weight is 292 g/mol. The predicted molar refractivity (Wildman–Crippen MR) is 70.6 cm³/mol. The van der Waals surface area contributed by atoms with E-state index in [2.05, 4.69) is 5.32 Å². The molecule has 1 aromatic rings. The zero-order chi connectivity index (χ0) is 14.7. The quantitative estimate of drug-likeness (QED) is 0.813. The predicted octanol–water partition coefficient (Wildman–Crippen LogP) is 0.528. The van der Waals surface area contributed by atoms with Crippen molar-refractivity contribution in [3.05, 3.63) is 34.7 Å². The number of carbonyl (C=O) groups is 3. The Hall–Kier alpha value is -2.28. The lowest BCUT2D eigenvalue weighted by Crippen LogP contribution is -2.37. The van der Waals surface area contributed by atoms with Crippen LogP contribution in [0.3, 0.4) is 0 Å². The number of carboxylic acids is 1. The number of ether oxygens (including phenoxy) is 1. The normalized spacial score (nSPS) is 17.9. The lowest BCUT2D eigenvalue weighted by molar-refractivity contribution is -0.312. The molecule has 0 bridgehead atoms. The minimum Gasteiger partial charge on any atom is -0.546 e. The van der Waals surface area contributed by atoms with Gasteiger partial charge in [-0.25, -0.2) is 0 Å². The SMILES string of the molecule is C[C@H](Oc1ccc(/C=C2\SC(=O)NC2=O)cc1)C(=O)[O-]. The van der Waals surface area contributed by atoms with Gasteiger partial charge in [-0.2, -0.15) is 0 Å². The number of hydrogen-bond donors (Lipinski definition) is 1. The fourth-order valence-corrected chi connectivity index (χ4v) is 2.15. The minimum absolute atomic E-state index is 0.312. The molecule has 1 aliphatic rings. The Labute approximate surface area is 118 Å². The van der Waals surface area contributed by atoms with Crippen molar-refractivity contribution in [2.24, 2.45) is 0 Å². The van der Waals surface area contributed by atoms with Gasteiger partial charge in [-0.1, -0.05) is 12.1 Å². The lowest BCUT2D eigenvalue weighted by atomic mass is 10.2. The van der Waals surface area contributed by atoms with Crippen LogP contribution in [0.15, 0.2) is 29.2 Å². The molecule has 1 fully saturated rings. The van der Waals surface area contributed by atoms with Gasteiger partial charge in [0.1, 0.15) is 11.9 Å². The molecule has 0 spiro atoms. The molecule has 6 nitrogen and oxygen atoms in total. The van der Waals surface area contributed by atoms with Crippen molar-refractivity contribution < 1.29 is 24.2 Å². The molecule has 1 atom stereocenters. The molecular weight excluding hydrogens is 282 g/mol. The summed E-state index contributed by atoms with van der Waals surface area (Å²) < 4.78 is 5.12. The van der Waals surface area contributed by atoms with Gasteiger partial charge in [-0.3, -0.25) is 14.9 Å². The number of nitrogens with one attached hydrogen (secondary N) is 1. The van der Waals surface area contributed by atoms with Crippen LogP contribution in [0.1, 0.15) is 12.5 Å². The number of carboxylic acid groups (broad SMARTS) is 1. The van der Waals surface area contributed by atoms with Gasteiger partial charge in [-0.15, -0.1) is 0 Å². The van der Waals surface area contributed by atoms with Crippen LogP contribution in [0.2, 0.25) is 0 Å². The number of imide groups is 1. The molecule has 1 saturated heterocycles. The Kier molecular flexibility index (Phi) is 4.09. The van der Waals surface area contributed by atoms with Crippen LogP contribution in [0.25, 0.3) is 6.08 Å². The topological polar surface area (TPSA) is 95.5 Å². The number of benzene rings is 1. The summed E-state index contributed by atoms with van der Waals surface area (Å²) in [4.78, 5) is 33.2. The maximum absolute atomic E-state index is 11.4. The summed E-state index contributed by atoms with van der Waals surface area (Å²) in [7, 11) is 0. The largest absolute Gasteiger partial charge is 0.546 e. The molecule has 1 heterocycles. The highest BCUT2D eigenvalue weighted by atomic mass is 32.2. The van der Waals surface area contributed by atoms with E-state index >= 15 is 0 Å². The van der Waals surface area contributed by atoms with E-state index in [-0.39, 0.29) is 0 Å². The summed E-state index contributed by atoms with van der Waals surface area (Å²) in [5, 5.41) is 12.3. The van der Waals surface area contributed by atoms with Crippen LogP contribution in [-0.4, -0.2) is 23.2 Å². The van der Waals surface area contributed by atoms with Crippen molar-refractivity contribution in [1.82, 2.24) is 5.32 Å². The molecule has 0 radical (unpaired) electrons. The molecule has 0 saturated carbocycles. The molecule has 1 aliphatic heterocycles. The summed E-state index contributed by atoms with van der Waals surface area (Å²) in [6.07, 6.45) is 0.518. The van der Waals surface area contributed by atoms with E-state index in [1.54, 1.807) is 30.3 Å². The van der Waals surface area contributed by atoms with Gasteiger partial charge in [0, 0.05) is 0 Å². The van der Waals surface area contributed by atoms with Gasteiger partial charge in [-0.05, 0) is 42.5 Å². The van der Waals surface area contributed by atoms with Gasteiger partial charge < -0.3 is 14.6 Å². The van der Waals surface area contributed by atoms with Crippen LogP contribution < -0.4 is 15.2 Å². The molecule has 0 aliphatic carbocycles. The van der Waals surface area contributed by atoms with Crippen LogP contribution >= 0.6 is 11.8 Å². The van der Waals surface area contributed by atoms with E-state index in [0.717, 1.165) is 11.8 Å². The molecule has 1 N–H and O–H groups in total. The molecular formula is C13H10NO5S-. The third kappa shape index (κ3) is 3.39. The van der Waals surface area contributed by atoms with Crippen LogP contribution in [0.4, 0.5) is 4.79 Å². The third-order valence-corrected chi connectivity index (χ3v) is 3.28. The van der Waals surface area contributed by atoms with Crippen molar-refractivity contribution in [3.8, 4) is 5.75 Å². The van der Waals surface area contributed by atoms with Crippen molar-refractivity contribution >= 4 is 35.0 Å². The van der Waals surface area contributed by atoms with Gasteiger partial charge >= 0.3 is 0 Å². The molecule has 2 amide bonds. The number of amides is 2. The van der Waals surface area contributed by atoms with Crippen LogP contribution in [0.5, 0.6) is 5.75 Å². The van der Waals surface area contributed by atoms with Crippen LogP contribution in [-0.2, 0) is 9.59 Å². The first-order chi connectivity index (χ1) is 9.45. The number of rotatable bonds is 4. The Morgan fingerprint density at radius 3 is 2.50 bits per heavy atom. The first-order valence-corrected chi connectivity index (χ1v) is 6.50. The van der Waals surface area contributed by atoms with E-state index in [0.29, 0.717) is 16.2 Å². The fraction of sp³-hybridized carbons (Fsp3) is 0.154. The molecule has 0 unspecified atom stereocenters. The molecule has 7 heteroatoms. The smallest absolute Gasteiger partial charge is 0.290 e. The van der Waals surface area contributed by atoms with E-state index in [4.69, 9.17) is 4.74 Å². The molecule has 1 aromatic carbocycles. The van der Waals surface area contributed by atoms with Crippen molar-refractivity contribution in [3.63, 3.8) is 0 Å². The highest BCUT2D eigenvalue weighted by molar-refractivity contribution is 8.18. The Bertz CT molecular complexity index is 593. The molecule has 2 rings (SSSR count). The summed E-state index contributed by atoms with van der Waals surface area (Å²) in [6.45, 7) is 1.37. The monoisotopic (exact) mass is 292 g/mol. The molecule has 104 valence electrons. The first-order valence-electron chi connectivity index (χ1n) is 5.68. The highest BCUT2D eigenvalue weighted by Crippen LogP contribution is 2.26. The maximum atomic E-state index is 11.4. The summed E-state index contributed by atoms with van der Waals surface area (Å²) >= 11 is 0.832. The van der Waals surface area contributed by atoms with E-state index in [1.165, 1.54) is 6.92 Å². The van der Waals surface area contributed by atoms with Crippen molar-refractivity contribution in [1.29, 1.82) is 0 Å². The Morgan fingerprint density at radius 1 is 1.35 bits per heavy atom. The lowest BCUT2D eigenvalue weighted by Gasteiger charge is -2.15. The van der Waals surface area contributed by atoms with Gasteiger partial charge in [0.25, 0.3) is 11.1 Å². The summed E-state index contributed by atoms with van der Waals surface area (Å²) in [5.41, 5.74) is 0.700. The van der Waals surface area contributed by atoms with Gasteiger partial charge in [0.2, 0.25) is 0 Å². The first kappa shape index (κ1) is 14.1. The maximum Gasteiger partial charge on any atom is 0.290 e. The average Bonchev–Trinajstić information content (AvgIpc) is 2.70. The Balaban J connectivity index is 2.09. The standard InChI is InChI=1S/C13H11NO5S/c1-7(12(16)17)19-9-4-2-8(3-5-9)6-10-11(15)14-13(18)20-10/h2-7H,1H3,(H,16,17)(H,14,15,18)/p-1/b10-6-/t7-/m0/s1. The number of hydrogen-bond acceptors (Lipinski definition) is 6. The van der Waals surface area contributed by atoms with E-state index in [9.17, 15) is 19.5 Å². The number of aliphatic carboxylic acids is 1. The van der Waals surface area contributed by atoms with Crippen LogP contribution in [0, 0.1) is 0 Å². The summed E-state index contributed by atoms with van der Waals surface area (Å²) in [6, 6.07) is 6.46. The second kappa shape index (κ2) is 5.79. The molecule has 20 heavy (non-hydrogen) atoms. The zero-order valence-corrected chi connectivity index (χ0v) is 11.2. The minimum atomic E-state index is -1.30. The van der Waals surface area contributed by atoms with Crippen molar-refractivity contribution in [2.45, 2.75) is 13.0 Å². The Morgan fingerprint density at radius 2 is 2.00 bits per heavy atom. The second-order valence-corrected chi connectivity index (χ2v) is 5.02. The third-order valence-electron chi connectivity index (χ3n) is 2.46. The molecule has 0 aromatic heterocycles. The fourth-order valence-electron chi connectivity index (χ4n) is 1.47.